The third-order valence-electron chi connectivity index (χ3n) is 5.12. The first-order valence-corrected chi connectivity index (χ1v) is 10.5. The highest BCUT2D eigenvalue weighted by Crippen LogP contribution is 2.25. The van der Waals surface area contributed by atoms with Gasteiger partial charge < -0.3 is 10.2 Å². The highest BCUT2D eigenvalue weighted by molar-refractivity contribution is 7.12. The molecular formula is C23H21FN2O2S. The van der Waals surface area contributed by atoms with Crippen molar-refractivity contribution in [3.8, 4) is 11.1 Å². The van der Waals surface area contributed by atoms with Gasteiger partial charge in [0.05, 0.1) is 10.8 Å². The molecule has 0 aliphatic carbocycles. The number of nitrogens with zero attached hydrogens (tertiary/aromatic N) is 1. The highest BCUT2D eigenvalue weighted by atomic mass is 32.1. The van der Waals surface area contributed by atoms with Crippen molar-refractivity contribution in [2.24, 2.45) is 5.92 Å². The molecule has 148 valence electrons. The SMILES string of the molecule is O=C(Nc1cccc(-c2ccc(F)cc2)c1)[C@H]1CCCN(C(=O)c2cccs2)C1. The molecule has 1 saturated heterocycles. The normalized spacial score (nSPS) is 16.4. The molecule has 0 unspecified atom stereocenters. The fourth-order valence-corrected chi connectivity index (χ4v) is 4.29. The maximum Gasteiger partial charge on any atom is 0.263 e. The van der Waals surface area contributed by atoms with Crippen molar-refractivity contribution in [1.82, 2.24) is 4.90 Å². The number of nitrogens with one attached hydrogen (secondary N) is 1. The Morgan fingerprint density at radius 2 is 1.86 bits per heavy atom. The van der Waals surface area contributed by atoms with E-state index in [9.17, 15) is 14.0 Å². The van der Waals surface area contributed by atoms with E-state index in [1.807, 2.05) is 41.8 Å². The number of carbonyl (C=O) groups excluding carboxylic acids is 2. The first kappa shape index (κ1) is 19.3. The Balaban J connectivity index is 1.43. The summed E-state index contributed by atoms with van der Waals surface area (Å²) in [5, 5.41) is 4.86. The molecule has 1 aromatic heterocycles. The maximum atomic E-state index is 13.2. The molecule has 0 spiro atoms. The van der Waals surface area contributed by atoms with Gasteiger partial charge in [-0.3, -0.25) is 9.59 Å². The highest BCUT2D eigenvalue weighted by Gasteiger charge is 2.29. The first-order valence-electron chi connectivity index (χ1n) is 9.60. The molecule has 0 bridgehead atoms. The Morgan fingerprint density at radius 1 is 1.03 bits per heavy atom. The molecule has 1 aliphatic heterocycles. The number of amides is 2. The number of benzene rings is 2. The van der Waals surface area contributed by atoms with Crippen LogP contribution in [0.5, 0.6) is 0 Å². The van der Waals surface area contributed by atoms with Crippen LogP contribution in [0.1, 0.15) is 22.5 Å². The second-order valence-corrected chi connectivity index (χ2v) is 8.09. The number of carbonyl (C=O) groups is 2. The average Bonchev–Trinajstić information content (AvgIpc) is 3.29. The second-order valence-electron chi connectivity index (χ2n) is 7.14. The lowest BCUT2D eigenvalue weighted by Crippen LogP contribution is -2.43. The van der Waals surface area contributed by atoms with Crippen LogP contribution < -0.4 is 5.32 Å². The van der Waals surface area contributed by atoms with Crippen LogP contribution in [0.4, 0.5) is 10.1 Å². The first-order chi connectivity index (χ1) is 14.1. The molecule has 1 N–H and O–H groups in total. The van der Waals surface area contributed by atoms with E-state index in [4.69, 9.17) is 0 Å². The van der Waals surface area contributed by atoms with Crippen LogP contribution in [0.3, 0.4) is 0 Å². The molecule has 1 atom stereocenters. The van der Waals surface area contributed by atoms with Gasteiger partial charge >= 0.3 is 0 Å². The van der Waals surface area contributed by atoms with Gasteiger partial charge in [-0.2, -0.15) is 0 Å². The molecule has 0 saturated carbocycles. The van der Waals surface area contributed by atoms with Gasteiger partial charge in [-0.25, -0.2) is 4.39 Å². The van der Waals surface area contributed by atoms with E-state index in [1.54, 1.807) is 17.0 Å². The molecule has 4 rings (SSSR count). The Kier molecular flexibility index (Phi) is 5.71. The van der Waals surface area contributed by atoms with Crippen LogP contribution in [0.2, 0.25) is 0 Å². The Labute approximate surface area is 173 Å². The van der Waals surface area contributed by atoms with Crippen molar-refractivity contribution in [3.63, 3.8) is 0 Å². The minimum atomic E-state index is -0.280. The van der Waals surface area contributed by atoms with E-state index in [0.29, 0.717) is 23.7 Å². The summed E-state index contributed by atoms with van der Waals surface area (Å²) >= 11 is 1.42. The van der Waals surface area contributed by atoms with Gasteiger partial charge in [-0.05, 0) is 59.7 Å². The quantitative estimate of drug-likeness (QED) is 0.657. The van der Waals surface area contributed by atoms with E-state index in [2.05, 4.69) is 5.32 Å². The molecule has 2 amide bonds. The van der Waals surface area contributed by atoms with Crippen molar-refractivity contribution < 1.29 is 14.0 Å². The number of anilines is 1. The minimum absolute atomic E-state index is 0.00388. The van der Waals surface area contributed by atoms with Crippen LogP contribution in [0, 0.1) is 11.7 Å². The largest absolute Gasteiger partial charge is 0.337 e. The van der Waals surface area contributed by atoms with Crippen LogP contribution in [0.15, 0.2) is 66.0 Å². The summed E-state index contributed by atoms with van der Waals surface area (Å²) in [4.78, 5) is 27.9. The predicted octanol–water partition coefficient (Wildman–Crippen LogP) is 5.05. The van der Waals surface area contributed by atoms with Crippen LogP contribution >= 0.6 is 11.3 Å². The number of rotatable bonds is 4. The molecule has 3 aromatic rings. The summed E-state index contributed by atoms with van der Waals surface area (Å²) in [6, 6.07) is 17.4. The minimum Gasteiger partial charge on any atom is -0.337 e. The van der Waals surface area contributed by atoms with Crippen molar-refractivity contribution in [2.75, 3.05) is 18.4 Å². The van der Waals surface area contributed by atoms with Crippen LogP contribution in [-0.4, -0.2) is 29.8 Å². The van der Waals surface area contributed by atoms with Gasteiger partial charge in [0.2, 0.25) is 5.91 Å². The lowest BCUT2D eigenvalue weighted by molar-refractivity contribution is -0.121. The average molecular weight is 408 g/mol. The Morgan fingerprint density at radius 3 is 2.62 bits per heavy atom. The number of hydrogen-bond donors (Lipinski definition) is 1. The molecule has 1 aliphatic rings. The molecule has 1 fully saturated rings. The third-order valence-corrected chi connectivity index (χ3v) is 5.98. The summed E-state index contributed by atoms with van der Waals surface area (Å²) in [5.74, 6) is -0.597. The van der Waals surface area contributed by atoms with Crippen molar-refractivity contribution in [1.29, 1.82) is 0 Å². The van der Waals surface area contributed by atoms with Crippen molar-refractivity contribution >= 4 is 28.8 Å². The summed E-state index contributed by atoms with van der Waals surface area (Å²) in [7, 11) is 0. The van der Waals surface area contributed by atoms with E-state index in [-0.39, 0.29) is 23.5 Å². The molecular weight excluding hydrogens is 387 g/mol. The van der Waals surface area contributed by atoms with E-state index in [0.717, 1.165) is 24.0 Å². The van der Waals surface area contributed by atoms with Gasteiger partial charge in [0.15, 0.2) is 0 Å². The molecule has 2 heterocycles. The van der Waals surface area contributed by atoms with Gasteiger partial charge in [0.1, 0.15) is 5.82 Å². The smallest absolute Gasteiger partial charge is 0.263 e. The van der Waals surface area contributed by atoms with Gasteiger partial charge in [0, 0.05) is 18.8 Å². The Bertz CT molecular complexity index is 1000. The zero-order chi connectivity index (χ0) is 20.2. The Hall–Kier alpha value is -2.99. The lowest BCUT2D eigenvalue weighted by atomic mass is 9.96. The molecule has 0 radical (unpaired) electrons. The predicted molar refractivity (Wildman–Crippen MR) is 113 cm³/mol. The van der Waals surface area contributed by atoms with Gasteiger partial charge in [-0.1, -0.05) is 30.3 Å². The topological polar surface area (TPSA) is 49.4 Å². The molecule has 4 nitrogen and oxygen atoms in total. The van der Waals surface area contributed by atoms with Crippen LogP contribution in [0.25, 0.3) is 11.1 Å². The fourth-order valence-electron chi connectivity index (χ4n) is 3.59. The van der Waals surface area contributed by atoms with Gasteiger partial charge in [0.25, 0.3) is 5.91 Å². The standard InChI is InChI=1S/C23H21FN2O2S/c24-19-10-8-16(9-11-19)17-4-1-6-20(14-17)25-22(27)18-5-2-12-26(15-18)23(28)21-7-3-13-29-21/h1,3-4,6-11,13-14,18H,2,5,12,15H2,(H,25,27)/t18-/m0/s1. The fraction of sp³-hybridized carbons (Fsp3) is 0.217. The second kappa shape index (κ2) is 8.57. The molecule has 6 heteroatoms. The van der Waals surface area contributed by atoms with Gasteiger partial charge in [-0.15, -0.1) is 11.3 Å². The number of halogens is 1. The number of piperidine rings is 1. The van der Waals surface area contributed by atoms with E-state index < -0.39 is 0 Å². The summed E-state index contributed by atoms with van der Waals surface area (Å²) in [5.41, 5.74) is 2.48. The summed E-state index contributed by atoms with van der Waals surface area (Å²) < 4.78 is 13.2. The lowest BCUT2D eigenvalue weighted by Gasteiger charge is -2.31. The summed E-state index contributed by atoms with van der Waals surface area (Å²) in [6.45, 7) is 1.11. The van der Waals surface area contributed by atoms with E-state index >= 15 is 0 Å². The monoisotopic (exact) mass is 408 g/mol. The van der Waals surface area contributed by atoms with Crippen molar-refractivity contribution in [2.45, 2.75) is 12.8 Å². The maximum absolute atomic E-state index is 13.2. The number of thiophene rings is 1. The van der Waals surface area contributed by atoms with E-state index in [1.165, 1.54) is 23.5 Å². The molecule has 29 heavy (non-hydrogen) atoms. The third kappa shape index (κ3) is 4.54. The van der Waals surface area contributed by atoms with Crippen LogP contribution in [-0.2, 0) is 4.79 Å². The number of hydrogen-bond acceptors (Lipinski definition) is 3. The number of likely N-dealkylation sites (tertiary alicyclic amines) is 1. The zero-order valence-electron chi connectivity index (χ0n) is 15.8. The van der Waals surface area contributed by atoms with Crippen molar-refractivity contribution in [3.05, 3.63) is 76.7 Å². The zero-order valence-corrected chi connectivity index (χ0v) is 16.6. The molecule has 2 aromatic carbocycles. The summed E-state index contributed by atoms with van der Waals surface area (Å²) in [6.07, 6.45) is 1.57.